The molecule has 0 aromatic heterocycles. The maximum Gasteiger partial charge on any atom is 0.200 e. The van der Waals surface area contributed by atoms with Crippen LogP contribution in [0, 0.1) is 0 Å². The molecule has 2 aliphatic rings. The summed E-state index contributed by atoms with van der Waals surface area (Å²) in [4.78, 5) is 2.46. The van der Waals surface area contributed by atoms with Crippen molar-refractivity contribution in [1.82, 2.24) is 10.2 Å². The largest absolute Gasteiger partial charge is 0.508 e. The van der Waals surface area contributed by atoms with Crippen LogP contribution in [-0.2, 0) is 9.84 Å². The fraction of sp³-hybridized carbons (Fsp3) is 0.385. The van der Waals surface area contributed by atoms with Crippen LogP contribution in [0.4, 0.5) is 0 Å². The molecule has 0 unspecified atom stereocenters. The maximum absolute atomic E-state index is 12.0. The zero-order valence-electron chi connectivity index (χ0n) is 10.5. The second kappa shape index (κ2) is 4.63. The SMILES string of the molecule is O=S1(=O)C=C(CN2CCNCC2)c2ccc(O)cc21. The molecule has 2 aliphatic heterocycles. The van der Waals surface area contributed by atoms with Crippen LogP contribution in [0.5, 0.6) is 5.75 Å². The quantitative estimate of drug-likeness (QED) is 0.822. The van der Waals surface area contributed by atoms with Crippen LogP contribution >= 0.6 is 0 Å². The van der Waals surface area contributed by atoms with Crippen LogP contribution in [0.2, 0.25) is 0 Å². The number of benzene rings is 1. The molecule has 2 heterocycles. The Morgan fingerprint density at radius 3 is 2.74 bits per heavy atom. The van der Waals surface area contributed by atoms with Crippen molar-refractivity contribution in [2.24, 2.45) is 0 Å². The normalized spacial score (nSPS) is 22.0. The van der Waals surface area contributed by atoms with E-state index in [1.165, 1.54) is 17.5 Å². The summed E-state index contributed by atoms with van der Waals surface area (Å²) in [6, 6.07) is 4.54. The molecule has 1 saturated heterocycles. The van der Waals surface area contributed by atoms with Gasteiger partial charge in [-0.15, -0.1) is 0 Å². The highest BCUT2D eigenvalue weighted by molar-refractivity contribution is 7.95. The fourth-order valence-electron chi connectivity index (χ4n) is 2.56. The summed E-state index contributed by atoms with van der Waals surface area (Å²) >= 11 is 0. The lowest BCUT2D eigenvalue weighted by atomic mass is 10.1. The number of rotatable bonds is 2. The number of phenolic OH excluding ortho intramolecular Hbond substituents is 1. The summed E-state index contributed by atoms with van der Waals surface area (Å²) in [6.45, 7) is 4.35. The lowest BCUT2D eigenvalue weighted by molar-refractivity contribution is 0.268. The summed E-state index contributed by atoms with van der Waals surface area (Å²) in [5.41, 5.74) is 1.54. The molecule has 0 aliphatic carbocycles. The Hall–Kier alpha value is -1.37. The van der Waals surface area contributed by atoms with Crippen molar-refractivity contribution < 1.29 is 13.5 Å². The van der Waals surface area contributed by atoms with E-state index in [-0.39, 0.29) is 10.6 Å². The number of nitrogens with one attached hydrogen (secondary N) is 1. The van der Waals surface area contributed by atoms with E-state index in [9.17, 15) is 13.5 Å². The maximum atomic E-state index is 12.0. The fourth-order valence-corrected chi connectivity index (χ4v) is 4.05. The zero-order chi connectivity index (χ0) is 13.5. The zero-order valence-corrected chi connectivity index (χ0v) is 11.3. The number of phenols is 1. The van der Waals surface area contributed by atoms with E-state index >= 15 is 0 Å². The van der Waals surface area contributed by atoms with Crippen LogP contribution in [0.15, 0.2) is 28.5 Å². The molecular formula is C13H16N2O3S. The molecule has 0 atom stereocenters. The van der Waals surface area contributed by atoms with E-state index in [1.54, 1.807) is 6.07 Å². The van der Waals surface area contributed by atoms with E-state index in [4.69, 9.17) is 0 Å². The highest BCUT2D eigenvalue weighted by Gasteiger charge is 2.28. The lowest BCUT2D eigenvalue weighted by Gasteiger charge is -2.27. The number of fused-ring (bicyclic) bond motifs is 1. The molecule has 0 saturated carbocycles. The third-order valence-corrected chi connectivity index (χ3v) is 5.06. The van der Waals surface area contributed by atoms with Crippen molar-refractivity contribution in [3.05, 3.63) is 29.2 Å². The van der Waals surface area contributed by atoms with Gasteiger partial charge in [0, 0.05) is 38.1 Å². The number of hydrogen-bond acceptors (Lipinski definition) is 5. The summed E-state index contributed by atoms with van der Waals surface area (Å²) in [7, 11) is -3.39. The Labute approximate surface area is 112 Å². The number of piperazine rings is 1. The molecule has 3 rings (SSSR count). The van der Waals surface area contributed by atoms with Crippen LogP contribution in [0.3, 0.4) is 0 Å². The van der Waals surface area contributed by atoms with Gasteiger partial charge in [-0.1, -0.05) is 0 Å². The van der Waals surface area contributed by atoms with E-state index in [2.05, 4.69) is 10.2 Å². The monoisotopic (exact) mass is 280 g/mol. The first-order valence-corrected chi connectivity index (χ1v) is 7.83. The molecule has 2 N–H and O–H groups in total. The van der Waals surface area contributed by atoms with Gasteiger partial charge >= 0.3 is 0 Å². The molecular weight excluding hydrogens is 264 g/mol. The van der Waals surface area contributed by atoms with Crippen LogP contribution in [0.1, 0.15) is 5.56 Å². The minimum atomic E-state index is -3.39. The first-order valence-electron chi connectivity index (χ1n) is 6.28. The second-order valence-electron chi connectivity index (χ2n) is 4.89. The smallest absolute Gasteiger partial charge is 0.200 e. The van der Waals surface area contributed by atoms with Crippen molar-refractivity contribution >= 4 is 15.4 Å². The van der Waals surface area contributed by atoms with Crippen molar-refractivity contribution in [3.8, 4) is 5.75 Å². The highest BCUT2D eigenvalue weighted by Crippen LogP contribution is 2.35. The predicted octanol–water partition coefficient (Wildman–Crippen LogP) is 0.426. The van der Waals surface area contributed by atoms with Crippen molar-refractivity contribution in [3.63, 3.8) is 0 Å². The molecule has 0 radical (unpaired) electrons. The van der Waals surface area contributed by atoms with E-state index in [0.29, 0.717) is 6.54 Å². The van der Waals surface area contributed by atoms with Gasteiger partial charge in [0.05, 0.1) is 4.90 Å². The van der Waals surface area contributed by atoms with E-state index in [0.717, 1.165) is 37.3 Å². The molecule has 1 aromatic carbocycles. The van der Waals surface area contributed by atoms with Gasteiger partial charge in [-0.2, -0.15) is 0 Å². The van der Waals surface area contributed by atoms with Crippen LogP contribution in [-0.4, -0.2) is 51.1 Å². The van der Waals surface area contributed by atoms with Gasteiger partial charge in [-0.25, -0.2) is 8.42 Å². The first kappa shape index (κ1) is 12.7. The van der Waals surface area contributed by atoms with Crippen LogP contribution < -0.4 is 5.32 Å². The molecule has 102 valence electrons. The van der Waals surface area contributed by atoms with Gasteiger partial charge in [0.25, 0.3) is 0 Å². The summed E-state index contributed by atoms with van der Waals surface area (Å²) < 4.78 is 24.1. The van der Waals surface area contributed by atoms with Crippen molar-refractivity contribution in [2.75, 3.05) is 32.7 Å². The Morgan fingerprint density at radius 2 is 2.00 bits per heavy atom. The van der Waals surface area contributed by atoms with Gasteiger partial charge in [0.2, 0.25) is 9.84 Å². The Balaban J connectivity index is 1.92. The molecule has 1 aromatic rings. The van der Waals surface area contributed by atoms with E-state index in [1.807, 2.05) is 0 Å². The Bertz CT molecular complexity index is 631. The Kier molecular flexibility index (Phi) is 3.08. The summed E-state index contributed by atoms with van der Waals surface area (Å²) in [5.74, 6) is -0.0147. The number of hydrogen-bond donors (Lipinski definition) is 2. The summed E-state index contributed by atoms with van der Waals surface area (Å²) in [6.07, 6.45) is 0. The number of sulfone groups is 1. The third-order valence-electron chi connectivity index (χ3n) is 3.52. The predicted molar refractivity (Wildman–Crippen MR) is 72.6 cm³/mol. The van der Waals surface area contributed by atoms with E-state index < -0.39 is 9.84 Å². The molecule has 5 nitrogen and oxygen atoms in total. The number of aromatic hydroxyl groups is 1. The standard InChI is InChI=1S/C13H16N2O3S/c16-11-1-2-12-10(8-15-5-3-14-4-6-15)9-19(17,18)13(12)7-11/h1-2,7,9,14,16H,3-6,8H2. The van der Waals surface area contributed by atoms with Gasteiger partial charge in [-0.05, 0) is 29.3 Å². The molecule has 1 fully saturated rings. The number of nitrogens with zero attached hydrogens (tertiary/aromatic N) is 1. The lowest BCUT2D eigenvalue weighted by Crippen LogP contribution is -2.43. The van der Waals surface area contributed by atoms with Crippen molar-refractivity contribution in [1.29, 1.82) is 0 Å². The average Bonchev–Trinajstić information content (AvgIpc) is 2.62. The molecule has 0 amide bonds. The second-order valence-corrected chi connectivity index (χ2v) is 6.66. The first-order chi connectivity index (χ1) is 9.06. The van der Waals surface area contributed by atoms with Gasteiger partial charge in [0.1, 0.15) is 5.75 Å². The minimum Gasteiger partial charge on any atom is -0.508 e. The third kappa shape index (κ3) is 2.39. The Morgan fingerprint density at radius 1 is 1.26 bits per heavy atom. The van der Waals surface area contributed by atoms with Gasteiger partial charge in [0.15, 0.2) is 0 Å². The molecule has 6 heteroatoms. The topological polar surface area (TPSA) is 69.6 Å². The summed E-state index contributed by atoms with van der Waals surface area (Å²) in [5, 5.41) is 14.0. The highest BCUT2D eigenvalue weighted by atomic mass is 32.2. The van der Waals surface area contributed by atoms with Crippen LogP contribution in [0.25, 0.3) is 5.57 Å². The minimum absolute atomic E-state index is 0.0147. The van der Waals surface area contributed by atoms with Crippen molar-refractivity contribution in [2.45, 2.75) is 4.90 Å². The average molecular weight is 280 g/mol. The molecule has 0 bridgehead atoms. The molecule has 19 heavy (non-hydrogen) atoms. The van der Waals surface area contributed by atoms with Gasteiger partial charge < -0.3 is 10.4 Å². The van der Waals surface area contributed by atoms with Gasteiger partial charge in [-0.3, -0.25) is 4.90 Å². The molecule has 0 spiro atoms.